The van der Waals surface area contributed by atoms with E-state index in [0.29, 0.717) is 6.04 Å². The average molecular weight is 205 g/mol. The largest absolute Gasteiger partial charge is 0.300 e. The predicted molar refractivity (Wildman–Crippen MR) is 59.6 cm³/mol. The standard InChI is InChI=1S/C12H19N3/c1-8(2)15-6-9-10(7-15)12(9)11-4-5-14(3)13-11/h4-5,8-10,12H,6-7H2,1-3H3. The van der Waals surface area contributed by atoms with Crippen molar-refractivity contribution < 1.29 is 0 Å². The first-order chi connectivity index (χ1) is 7.16. The number of piperidine rings is 1. The maximum Gasteiger partial charge on any atom is 0.0662 e. The topological polar surface area (TPSA) is 21.1 Å². The molecule has 1 aliphatic heterocycles. The molecule has 1 aromatic rings. The SMILES string of the molecule is CC(C)N1CC2C(C1)C2c1ccn(C)n1. The second-order valence-electron chi connectivity index (χ2n) is 5.32. The van der Waals surface area contributed by atoms with Crippen LogP contribution in [0.25, 0.3) is 0 Å². The van der Waals surface area contributed by atoms with Crippen LogP contribution in [0.1, 0.15) is 25.5 Å². The van der Waals surface area contributed by atoms with E-state index in [9.17, 15) is 0 Å². The molecule has 2 heterocycles. The van der Waals surface area contributed by atoms with Gasteiger partial charge in [-0.25, -0.2) is 0 Å². The van der Waals surface area contributed by atoms with Gasteiger partial charge in [0.05, 0.1) is 5.69 Å². The lowest BCUT2D eigenvalue weighted by atomic mass is 10.2. The zero-order valence-corrected chi connectivity index (χ0v) is 9.72. The molecule has 0 bridgehead atoms. The first-order valence-electron chi connectivity index (χ1n) is 5.90. The van der Waals surface area contributed by atoms with Crippen molar-refractivity contribution in [3.05, 3.63) is 18.0 Å². The molecule has 3 nitrogen and oxygen atoms in total. The van der Waals surface area contributed by atoms with Crippen molar-refractivity contribution in [2.75, 3.05) is 13.1 Å². The van der Waals surface area contributed by atoms with Gasteiger partial charge in [0.25, 0.3) is 0 Å². The van der Waals surface area contributed by atoms with Gasteiger partial charge in [0.1, 0.15) is 0 Å². The summed E-state index contributed by atoms with van der Waals surface area (Å²) in [6.07, 6.45) is 2.06. The van der Waals surface area contributed by atoms with Gasteiger partial charge in [-0.15, -0.1) is 0 Å². The summed E-state index contributed by atoms with van der Waals surface area (Å²) in [5.74, 6) is 2.55. The minimum atomic E-state index is 0.710. The molecular weight excluding hydrogens is 186 g/mol. The molecular formula is C12H19N3. The molecule has 3 heteroatoms. The van der Waals surface area contributed by atoms with Crippen molar-refractivity contribution in [2.24, 2.45) is 18.9 Å². The Bertz CT molecular complexity index is 357. The molecule has 2 unspecified atom stereocenters. The molecule has 0 spiro atoms. The summed E-state index contributed by atoms with van der Waals surface area (Å²) in [6, 6.07) is 2.89. The van der Waals surface area contributed by atoms with Crippen molar-refractivity contribution in [1.29, 1.82) is 0 Å². The van der Waals surface area contributed by atoms with Crippen LogP contribution >= 0.6 is 0 Å². The van der Waals surface area contributed by atoms with E-state index in [-0.39, 0.29) is 0 Å². The fraction of sp³-hybridized carbons (Fsp3) is 0.750. The minimum absolute atomic E-state index is 0.710. The molecule has 1 aliphatic carbocycles. The molecule has 2 fully saturated rings. The van der Waals surface area contributed by atoms with E-state index >= 15 is 0 Å². The lowest BCUT2D eigenvalue weighted by Crippen LogP contribution is -2.31. The number of aromatic nitrogens is 2. The third kappa shape index (κ3) is 1.41. The number of fused-ring (bicyclic) bond motifs is 1. The van der Waals surface area contributed by atoms with Crippen LogP contribution in [0.3, 0.4) is 0 Å². The summed E-state index contributed by atoms with van der Waals surface area (Å²) in [6.45, 7) is 7.15. The van der Waals surface area contributed by atoms with Crippen LogP contribution in [0.5, 0.6) is 0 Å². The summed E-state index contributed by atoms with van der Waals surface area (Å²) in [5, 5.41) is 4.52. The quantitative estimate of drug-likeness (QED) is 0.729. The van der Waals surface area contributed by atoms with Crippen molar-refractivity contribution in [3.8, 4) is 0 Å². The van der Waals surface area contributed by atoms with Crippen molar-refractivity contribution >= 4 is 0 Å². The third-order valence-electron chi connectivity index (χ3n) is 4.03. The van der Waals surface area contributed by atoms with E-state index < -0.39 is 0 Å². The van der Waals surface area contributed by atoms with E-state index in [1.54, 1.807) is 0 Å². The molecule has 1 saturated carbocycles. The predicted octanol–water partition coefficient (Wildman–Crippen LogP) is 1.47. The Morgan fingerprint density at radius 3 is 2.47 bits per heavy atom. The fourth-order valence-electron chi connectivity index (χ4n) is 3.03. The number of nitrogens with zero attached hydrogens (tertiary/aromatic N) is 3. The molecule has 0 amide bonds. The summed E-state index contributed by atoms with van der Waals surface area (Å²) >= 11 is 0. The Balaban J connectivity index is 1.68. The molecule has 2 atom stereocenters. The molecule has 3 rings (SSSR count). The highest BCUT2D eigenvalue weighted by Gasteiger charge is 2.57. The lowest BCUT2D eigenvalue weighted by Gasteiger charge is -2.23. The lowest BCUT2D eigenvalue weighted by molar-refractivity contribution is 0.242. The highest BCUT2D eigenvalue weighted by molar-refractivity contribution is 5.24. The van der Waals surface area contributed by atoms with Gasteiger partial charge in [0.2, 0.25) is 0 Å². The van der Waals surface area contributed by atoms with Crippen LogP contribution in [-0.4, -0.2) is 33.8 Å². The number of hydrogen-bond acceptors (Lipinski definition) is 2. The molecule has 1 aromatic heterocycles. The van der Waals surface area contributed by atoms with E-state index in [1.165, 1.54) is 18.8 Å². The van der Waals surface area contributed by atoms with Gasteiger partial charge in [-0.3, -0.25) is 4.68 Å². The van der Waals surface area contributed by atoms with Crippen LogP contribution in [0.2, 0.25) is 0 Å². The highest BCUT2D eigenvalue weighted by atomic mass is 15.3. The van der Waals surface area contributed by atoms with Gasteiger partial charge < -0.3 is 4.90 Å². The highest BCUT2D eigenvalue weighted by Crippen LogP contribution is 2.57. The monoisotopic (exact) mass is 205 g/mol. The second kappa shape index (κ2) is 3.08. The molecule has 0 N–H and O–H groups in total. The molecule has 0 aromatic carbocycles. The number of aryl methyl sites for hydroxylation is 1. The number of rotatable bonds is 2. The maximum absolute atomic E-state index is 4.52. The Morgan fingerprint density at radius 2 is 2.00 bits per heavy atom. The van der Waals surface area contributed by atoms with E-state index in [0.717, 1.165) is 17.8 Å². The number of likely N-dealkylation sites (tertiary alicyclic amines) is 1. The fourth-order valence-corrected chi connectivity index (χ4v) is 3.03. The Kier molecular flexibility index (Phi) is 1.93. The summed E-state index contributed by atoms with van der Waals surface area (Å²) in [7, 11) is 2.00. The van der Waals surface area contributed by atoms with Gasteiger partial charge in [-0.05, 0) is 31.7 Å². The molecule has 1 saturated heterocycles. The van der Waals surface area contributed by atoms with Gasteiger partial charge in [0, 0.05) is 38.3 Å². The van der Waals surface area contributed by atoms with Gasteiger partial charge >= 0.3 is 0 Å². The number of hydrogen-bond donors (Lipinski definition) is 0. The van der Waals surface area contributed by atoms with Crippen molar-refractivity contribution in [1.82, 2.24) is 14.7 Å². The Morgan fingerprint density at radius 1 is 1.33 bits per heavy atom. The van der Waals surface area contributed by atoms with Gasteiger partial charge in [0.15, 0.2) is 0 Å². The molecule has 2 aliphatic rings. The molecule has 15 heavy (non-hydrogen) atoms. The second-order valence-corrected chi connectivity index (χ2v) is 5.32. The minimum Gasteiger partial charge on any atom is -0.300 e. The first-order valence-corrected chi connectivity index (χ1v) is 5.90. The van der Waals surface area contributed by atoms with E-state index in [1.807, 2.05) is 11.7 Å². The summed E-state index contributed by atoms with van der Waals surface area (Å²) < 4.78 is 1.92. The van der Waals surface area contributed by atoms with Crippen LogP contribution in [0.15, 0.2) is 12.3 Å². The normalized spacial score (nSPS) is 34.8. The van der Waals surface area contributed by atoms with Crippen LogP contribution in [0, 0.1) is 11.8 Å². The third-order valence-corrected chi connectivity index (χ3v) is 4.03. The van der Waals surface area contributed by atoms with E-state index in [2.05, 4.69) is 36.1 Å². The van der Waals surface area contributed by atoms with Crippen molar-refractivity contribution in [3.63, 3.8) is 0 Å². The van der Waals surface area contributed by atoms with E-state index in [4.69, 9.17) is 0 Å². The summed E-state index contributed by atoms with van der Waals surface area (Å²) in [4.78, 5) is 2.59. The first kappa shape index (κ1) is 9.40. The van der Waals surface area contributed by atoms with Crippen molar-refractivity contribution in [2.45, 2.75) is 25.8 Å². The molecule has 82 valence electrons. The zero-order valence-electron chi connectivity index (χ0n) is 9.72. The smallest absolute Gasteiger partial charge is 0.0662 e. The van der Waals surface area contributed by atoms with Gasteiger partial charge in [-0.1, -0.05) is 0 Å². The Hall–Kier alpha value is -0.830. The summed E-state index contributed by atoms with van der Waals surface area (Å²) in [5.41, 5.74) is 1.32. The Labute approximate surface area is 91.1 Å². The molecule has 0 radical (unpaired) electrons. The van der Waals surface area contributed by atoms with Crippen LogP contribution in [0.4, 0.5) is 0 Å². The van der Waals surface area contributed by atoms with Gasteiger partial charge in [-0.2, -0.15) is 5.10 Å². The zero-order chi connectivity index (χ0) is 10.6. The maximum atomic E-state index is 4.52. The van der Waals surface area contributed by atoms with Crippen LogP contribution in [-0.2, 0) is 7.05 Å². The average Bonchev–Trinajstić information content (AvgIpc) is 2.62. The van der Waals surface area contributed by atoms with Crippen LogP contribution < -0.4 is 0 Å².